The maximum absolute atomic E-state index is 14.0. The van der Waals surface area contributed by atoms with Crippen molar-refractivity contribution in [1.82, 2.24) is 113 Å². The molecule has 0 amide bonds. The van der Waals surface area contributed by atoms with Crippen molar-refractivity contribution in [2.24, 2.45) is 0 Å². The molecule has 3 aliphatic rings. The smallest absolute Gasteiger partial charge is 0.263 e. The predicted molar refractivity (Wildman–Crippen MR) is 485 cm³/mol. The molecule has 634 valence electrons. The summed E-state index contributed by atoms with van der Waals surface area (Å²) in [4.78, 5) is 125. The van der Waals surface area contributed by atoms with Crippen LogP contribution in [0.4, 0.5) is 27.7 Å². The predicted octanol–water partition coefficient (Wildman–Crippen LogP) is 14.6. The van der Waals surface area contributed by atoms with Gasteiger partial charge in [-0.05, 0) is 234 Å². The number of H-pyrrole nitrogens is 4. The molecule has 4 atom stereocenters. The Kier molecular flexibility index (Phi) is 23.7. The Morgan fingerprint density at radius 1 is 0.379 bits per heavy atom. The van der Waals surface area contributed by atoms with Crippen LogP contribution in [0.5, 0.6) is 0 Å². The number of pyridine rings is 4. The Labute approximate surface area is 712 Å². The minimum Gasteiger partial charge on any atom is -0.360 e. The summed E-state index contributed by atoms with van der Waals surface area (Å²) < 4.78 is 21.7. The normalized spacial score (nSPS) is 15.6. The first kappa shape index (κ1) is 82.5. The van der Waals surface area contributed by atoms with Gasteiger partial charge in [-0.3, -0.25) is 23.7 Å². The molecule has 4 unspecified atom stereocenters. The number of aromatic nitrogens is 20. The number of nitrogens with one attached hydrogen (secondary N) is 8. The second-order valence-electron chi connectivity index (χ2n) is 32.7. The molecule has 0 aliphatic carbocycles. The van der Waals surface area contributed by atoms with Gasteiger partial charge in [-0.15, -0.1) is 0 Å². The van der Waals surface area contributed by atoms with Crippen molar-refractivity contribution in [3.05, 3.63) is 265 Å². The van der Waals surface area contributed by atoms with E-state index in [1.54, 1.807) is 42.0 Å². The van der Waals surface area contributed by atoms with Gasteiger partial charge in [-0.2, -0.15) is 0 Å². The molecule has 31 nitrogen and oxygen atoms in total. The van der Waals surface area contributed by atoms with Gasteiger partial charge < -0.3 is 69.6 Å². The maximum Gasteiger partial charge on any atom is 0.263 e. The number of anilines is 4. The molecular weight excluding hydrogens is 1570 g/mol. The summed E-state index contributed by atoms with van der Waals surface area (Å²) in [5.74, 6) is 2.22. The zero-order chi connectivity index (χ0) is 86.0. The zero-order valence-electron chi connectivity index (χ0n) is 71.0. The topological polar surface area (TPSA) is 364 Å². The average Bonchev–Trinajstić information content (AvgIpc) is 0.788. The molecule has 20 rings (SSSR count). The van der Waals surface area contributed by atoms with Crippen LogP contribution in [0.2, 0.25) is 0 Å². The van der Waals surface area contributed by atoms with Crippen molar-refractivity contribution < 1.29 is 4.39 Å². The molecule has 3 saturated heterocycles. The number of fused-ring (bicyclic) bond motifs is 8. The van der Waals surface area contributed by atoms with E-state index in [0.717, 1.165) is 172 Å². The van der Waals surface area contributed by atoms with Crippen LogP contribution in [0.25, 0.3) is 93.4 Å². The number of aromatic amines is 4. The van der Waals surface area contributed by atoms with E-state index in [-0.39, 0.29) is 64.5 Å². The van der Waals surface area contributed by atoms with Crippen LogP contribution in [0.1, 0.15) is 154 Å². The summed E-state index contributed by atoms with van der Waals surface area (Å²) in [6.07, 6.45) is 19.0. The number of benzene rings is 5. The summed E-state index contributed by atoms with van der Waals surface area (Å²) >= 11 is 0. The molecule has 0 bridgehead atoms. The van der Waals surface area contributed by atoms with Crippen LogP contribution in [-0.4, -0.2) is 173 Å². The maximum atomic E-state index is 14.0. The van der Waals surface area contributed by atoms with Crippen molar-refractivity contribution in [2.45, 2.75) is 136 Å². The lowest BCUT2D eigenvalue weighted by Crippen LogP contribution is -2.38. The second-order valence-corrected chi connectivity index (χ2v) is 32.7. The number of halogens is 1. The Morgan fingerprint density at radius 2 is 0.718 bits per heavy atom. The molecule has 5 aromatic carbocycles. The molecule has 12 aromatic heterocycles. The van der Waals surface area contributed by atoms with Gasteiger partial charge in [0.2, 0.25) is 0 Å². The lowest BCUT2D eigenvalue weighted by atomic mass is 9.98. The van der Waals surface area contributed by atoms with Gasteiger partial charge in [-0.1, -0.05) is 85.8 Å². The van der Waals surface area contributed by atoms with Crippen LogP contribution in [0.3, 0.4) is 0 Å². The molecule has 32 heteroatoms. The highest BCUT2D eigenvalue weighted by Crippen LogP contribution is 2.36. The number of piperidine rings is 3. The van der Waals surface area contributed by atoms with E-state index in [1.807, 2.05) is 122 Å². The summed E-state index contributed by atoms with van der Waals surface area (Å²) in [6, 6.07) is 40.1. The third-order valence-electron chi connectivity index (χ3n) is 24.5. The molecule has 124 heavy (non-hydrogen) atoms. The Morgan fingerprint density at radius 3 is 1.13 bits per heavy atom. The van der Waals surface area contributed by atoms with Crippen LogP contribution in [0.15, 0.2) is 197 Å². The molecule has 17 aromatic rings. The molecule has 15 heterocycles. The molecular formula is C92H100FN27O4. The van der Waals surface area contributed by atoms with Crippen LogP contribution in [-0.2, 0) is 0 Å². The molecule has 0 saturated carbocycles. The summed E-state index contributed by atoms with van der Waals surface area (Å²) in [5.41, 5.74) is 12.5. The summed E-state index contributed by atoms with van der Waals surface area (Å²) in [5, 5.41) is 20.7. The number of hydrogen-bond donors (Lipinski definition) is 8. The fourth-order valence-electron chi connectivity index (χ4n) is 17.9. The van der Waals surface area contributed by atoms with E-state index in [2.05, 4.69) is 180 Å². The van der Waals surface area contributed by atoms with Gasteiger partial charge in [-0.25, -0.2) is 64.2 Å². The van der Waals surface area contributed by atoms with Gasteiger partial charge in [0.05, 0.1) is 71.3 Å². The second kappa shape index (κ2) is 35.7. The highest BCUT2D eigenvalue weighted by Gasteiger charge is 2.31. The van der Waals surface area contributed by atoms with E-state index >= 15 is 0 Å². The molecule has 8 N–H and O–H groups in total. The van der Waals surface area contributed by atoms with E-state index in [9.17, 15) is 23.6 Å². The third-order valence-corrected chi connectivity index (χ3v) is 24.5. The van der Waals surface area contributed by atoms with Crippen LogP contribution >= 0.6 is 0 Å². The largest absolute Gasteiger partial charge is 0.360 e. The summed E-state index contributed by atoms with van der Waals surface area (Å²) in [7, 11) is 6.42. The molecule has 3 fully saturated rings. The highest BCUT2D eigenvalue weighted by molar-refractivity contribution is 5.90. The van der Waals surface area contributed by atoms with Crippen molar-refractivity contribution in [1.29, 1.82) is 0 Å². The number of hydrogen-bond acceptors (Lipinski definition) is 23. The summed E-state index contributed by atoms with van der Waals surface area (Å²) in [6.45, 7) is 20.1. The van der Waals surface area contributed by atoms with Gasteiger partial charge >= 0.3 is 0 Å². The lowest BCUT2D eigenvalue weighted by Gasteiger charge is -2.34. The quantitative estimate of drug-likeness (QED) is 0.0420. The van der Waals surface area contributed by atoms with Gasteiger partial charge in [0.25, 0.3) is 22.2 Å². The van der Waals surface area contributed by atoms with Crippen molar-refractivity contribution in [3.63, 3.8) is 0 Å². The minimum atomic E-state index is -0.407. The number of rotatable bonds is 17. The lowest BCUT2D eigenvalue weighted by molar-refractivity contribution is 0.216. The minimum absolute atomic E-state index is 0.0753. The first-order chi connectivity index (χ1) is 60.2. The van der Waals surface area contributed by atoms with Crippen LogP contribution in [0, 0.1) is 26.6 Å². The number of imidazole rings is 4. The third kappa shape index (κ3) is 16.6. The molecule has 3 aliphatic heterocycles. The number of nitrogens with zero attached hydrogens (tertiary/aromatic N) is 19. The van der Waals surface area contributed by atoms with Gasteiger partial charge in [0.1, 0.15) is 53.2 Å². The number of likely N-dealkylation sites (tertiary alicyclic amines) is 3. The Balaban J connectivity index is 0.000000117. The fourth-order valence-corrected chi connectivity index (χ4v) is 17.9. The van der Waals surface area contributed by atoms with Crippen molar-refractivity contribution >= 4 is 111 Å². The van der Waals surface area contributed by atoms with E-state index in [1.165, 1.54) is 37.4 Å². The molecule has 0 spiro atoms. The zero-order valence-corrected chi connectivity index (χ0v) is 71.0. The van der Waals surface area contributed by atoms with E-state index in [0.29, 0.717) is 68.1 Å². The Bertz CT molecular complexity index is 7030. The average molecular weight is 1670 g/mol. The van der Waals surface area contributed by atoms with E-state index < -0.39 is 5.82 Å². The monoisotopic (exact) mass is 1670 g/mol. The Hall–Kier alpha value is -13.9. The standard InChI is InChI=1S/C24H29N7O.C23H19FN6O.C23H27N7O.C22H25N7O/c1-4-18(29-23-21-22(26-13-25-21)27-14-28-23)19-12-16-7-5-6-15(2)20(16)24(32)31(19)17-8-10-30(3)11-9-17;1-13-5-3-6-15-9-18(14(2)29-22-20-21(26-11-25-20)27-12-28-22)30(23(31)19(13)15)17-8-4-7-16(24)10-17;1-14-5-4-6-16-11-18(15(2)28-22-20-21(25-12-24-20)26-13-27-22)30(23(31)19(14)16)17-7-9-29(3)10-8-17;1-14(27-21-19-20(24-12-23-19)25-13-26-21)18-11-15-5-3-4-6-17(15)22(30)29(18)16-7-9-28(2)10-8-16/h5-7,12-14,17-18H,4,8-11H2,1-3H3,(H2,25,26,27,28,29);3-12,14H,1-2H3,(H2,25,26,27,28,29);4-6,11-13,15,17H,7-10H2,1-3H3,(H2,24,25,26,27,28);3-6,11-14,16H,7-10H2,1-2H3,(H2,23,24,25,26,27). The van der Waals surface area contributed by atoms with Crippen molar-refractivity contribution in [3.8, 4) is 5.69 Å². The first-order valence-electron chi connectivity index (χ1n) is 42.3. The first-order valence-corrected chi connectivity index (χ1v) is 42.3. The van der Waals surface area contributed by atoms with Gasteiger partial charge in [0.15, 0.2) is 45.9 Å². The highest BCUT2D eigenvalue weighted by atomic mass is 19.1. The van der Waals surface area contributed by atoms with E-state index in [4.69, 9.17) is 0 Å². The fraction of sp³-hybridized carbons (Fsp3) is 0.326. The SMILES string of the molecule is CC(Nc1ncnc2nc[nH]c12)c1cc2ccccc2c(=O)n1C1CCN(C)CC1.CCC(Nc1ncnc2nc[nH]c12)c1cc2cccc(C)c2c(=O)n1C1CCN(C)CC1.Cc1cccc2cc(C(C)Nc3ncnc4nc[nH]c34)n(-c3cccc(F)c3)c(=O)c12.Cc1cccc2cc(C(C)Nc3ncnc4nc[nH]c34)n(C3CCN(C)CC3)c(=O)c12. The number of aryl methyl sites for hydroxylation is 3. The molecule has 0 radical (unpaired) electrons. The van der Waals surface area contributed by atoms with Gasteiger partial charge in [0, 0.05) is 46.3 Å². The van der Waals surface area contributed by atoms with Crippen molar-refractivity contribution in [2.75, 3.05) is 81.7 Å². The van der Waals surface area contributed by atoms with Crippen LogP contribution < -0.4 is 43.5 Å².